The van der Waals surface area contributed by atoms with E-state index < -0.39 is 6.04 Å². The van der Waals surface area contributed by atoms with E-state index in [0.717, 1.165) is 16.9 Å². The number of ether oxygens (including phenoxy) is 3. The fourth-order valence-corrected chi connectivity index (χ4v) is 3.16. The second-order valence-electron chi connectivity index (χ2n) is 7.54. The lowest BCUT2D eigenvalue weighted by atomic mass is 10.0. The summed E-state index contributed by atoms with van der Waals surface area (Å²) >= 11 is 0. The summed E-state index contributed by atoms with van der Waals surface area (Å²) in [5.41, 5.74) is 1.87. The van der Waals surface area contributed by atoms with Gasteiger partial charge in [-0.25, -0.2) is 0 Å². The number of methoxy groups -OCH3 is 3. The van der Waals surface area contributed by atoms with Crippen LogP contribution < -0.4 is 24.8 Å². The quantitative estimate of drug-likeness (QED) is 0.575. The summed E-state index contributed by atoms with van der Waals surface area (Å²) in [5.74, 6) is 1.61. The van der Waals surface area contributed by atoms with Crippen molar-refractivity contribution in [3.05, 3.63) is 53.6 Å². The van der Waals surface area contributed by atoms with E-state index in [1.54, 1.807) is 21.3 Å². The van der Waals surface area contributed by atoms with Gasteiger partial charge in [-0.15, -0.1) is 0 Å². The largest absolute Gasteiger partial charge is 0.497 e. The Morgan fingerprint density at radius 1 is 0.871 bits per heavy atom. The van der Waals surface area contributed by atoms with E-state index in [9.17, 15) is 9.59 Å². The van der Waals surface area contributed by atoms with Crippen LogP contribution in [0.25, 0.3) is 0 Å². The molecule has 0 heterocycles. The predicted molar refractivity (Wildman–Crippen MR) is 120 cm³/mol. The van der Waals surface area contributed by atoms with Gasteiger partial charge in [0.1, 0.15) is 11.8 Å². The molecule has 0 bridgehead atoms. The maximum atomic E-state index is 12.7. The average molecular weight is 429 g/mol. The van der Waals surface area contributed by atoms with Gasteiger partial charge in [0, 0.05) is 6.54 Å². The van der Waals surface area contributed by atoms with E-state index in [1.807, 2.05) is 56.3 Å². The van der Waals surface area contributed by atoms with Gasteiger partial charge in [-0.2, -0.15) is 0 Å². The average Bonchev–Trinajstić information content (AvgIpc) is 2.77. The van der Waals surface area contributed by atoms with E-state index in [-0.39, 0.29) is 24.2 Å². The number of carbonyl (C=O) groups excluding carboxylic acids is 2. The SMILES string of the molecule is COc1ccc(CC(=O)NC(C(=O)NCCc2ccc(OC)c(OC)c2)C(C)C)cc1. The highest BCUT2D eigenvalue weighted by Crippen LogP contribution is 2.27. The van der Waals surface area contributed by atoms with Crippen molar-refractivity contribution in [2.45, 2.75) is 32.7 Å². The van der Waals surface area contributed by atoms with Crippen molar-refractivity contribution in [2.75, 3.05) is 27.9 Å². The Morgan fingerprint density at radius 3 is 2.10 bits per heavy atom. The van der Waals surface area contributed by atoms with Crippen LogP contribution in [-0.4, -0.2) is 45.7 Å². The molecule has 0 saturated carbocycles. The molecule has 0 fully saturated rings. The summed E-state index contributed by atoms with van der Waals surface area (Å²) in [7, 11) is 4.77. The molecule has 31 heavy (non-hydrogen) atoms. The zero-order valence-electron chi connectivity index (χ0n) is 18.9. The van der Waals surface area contributed by atoms with Crippen LogP contribution in [0, 0.1) is 5.92 Å². The van der Waals surface area contributed by atoms with Gasteiger partial charge < -0.3 is 24.8 Å². The van der Waals surface area contributed by atoms with Crippen LogP contribution in [0.4, 0.5) is 0 Å². The minimum atomic E-state index is -0.601. The molecule has 1 atom stereocenters. The number of amides is 2. The Morgan fingerprint density at radius 2 is 1.52 bits per heavy atom. The highest BCUT2D eigenvalue weighted by atomic mass is 16.5. The number of nitrogens with one attached hydrogen (secondary N) is 2. The van der Waals surface area contributed by atoms with Crippen molar-refractivity contribution in [3.63, 3.8) is 0 Å². The standard InChI is InChI=1S/C24H32N2O5/c1-16(2)23(26-22(27)15-17-6-9-19(29-3)10-7-17)24(28)25-13-12-18-8-11-20(30-4)21(14-18)31-5/h6-11,14,16,23H,12-13,15H2,1-5H3,(H,25,28)(H,26,27). The molecule has 7 heteroatoms. The van der Waals surface area contributed by atoms with Crippen molar-refractivity contribution in [1.82, 2.24) is 10.6 Å². The van der Waals surface area contributed by atoms with Gasteiger partial charge in [-0.1, -0.05) is 32.0 Å². The van der Waals surface area contributed by atoms with Gasteiger partial charge in [0.05, 0.1) is 27.8 Å². The number of hydrogen-bond acceptors (Lipinski definition) is 5. The van der Waals surface area contributed by atoms with Gasteiger partial charge in [-0.3, -0.25) is 9.59 Å². The fraction of sp³-hybridized carbons (Fsp3) is 0.417. The van der Waals surface area contributed by atoms with Gasteiger partial charge in [0.15, 0.2) is 11.5 Å². The number of benzene rings is 2. The van der Waals surface area contributed by atoms with E-state index in [2.05, 4.69) is 10.6 Å². The second-order valence-corrected chi connectivity index (χ2v) is 7.54. The summed E-state index contributed by atoms with van der Waals surface area (Å²) in [6.45, 7) is 4.27. The first-order chi connectivity index (χ1) is 14.9. The Bertz CT molecular complexity index is 865. The van der Waals surface area contributed by atoms with Crippen LogP contribution in [-0.2, 0) is 22.4 Å². The molecule has 0 aromatic heterocycles. The summed E-state index contributed by atoms with van der Waals surface area (Å²) in [5, 5.41) is 5.78. The maximum absolute atomic E-state index is 12.7. The third-order valence-corrected chi connectivity index (χ3v) is 4.95. The van der Waals surface area contributed by atoms with Crippen LogP contribution in [0.3, 0.4) is 0 Å². The molecule has 2 rings (SSSR count). The van der Waals surface area contributed by atoms with Crippen LogP contribution in [0.2, 0.25) is 0 Å². The van der Waals surface area contributed by atoms with Crippen molar-refractivity contribution in [2.24, 2.45) is 5.92 Å². The van der Waals surface area contributed by atoms with Crippen molar-refractivity contribution >= 4 is 11.8 Å². The Balaban J connectivity index is 1.89. The number of carbonyl (C=O) groups is 2. The van der Waals surface area contributed by atoms with E-state index in [4.69, 9.17) is 14.2 Å². The molecule has 2 aromatic carbocycles. The van der Waals surface area contributed by atoms with Crippen LogP contribution in [0.5, 0.6) is 17.2 Å². The van der Waals surface area contributed by atoms with Gasteiger partial charge >= 0.3 is 0 Å². The molecule has 0 spiro atoms. The lowest BCUT2D eigenvalue weighted by Crippen LogP contribution is -2.50. The Kier molecular flexibility index (Phi) is 9.18. The first kappa shape index (κ1) is 24.1. The number of rotatable bonds is 11. The molecule has 2 aromatic rings. The Labute approximate surface area is 184 Å². The second kappa shape index (κ2) is 11.8. The van der Waals surface area contributed by atoms with Crippen molar-refractivity contribution < 1.29 is 23.8 Å². The molecule has 7 nitrogen and oxygen atoms in total. The molecular weight excluding hydrogens is 396 g/mol. The molecular formula is C24H32N2O5. The first-order valence-corrected chi connectivity index (χ1v) is 10.3. The topological polar surface area (TPSA) is 85.9 Å². The number of hydrogen-bond donors (Lipinski definition) is 2. The van der Waals surface area contributed by atoms with Gasteiger partial charge in [0.25, 0.3) is 0 Å². The summed E-state index contributed by atoms with van der Waals surface area (Å²) in [6, 6.07) is 12.4. The molecule has 0 aliphatic carbocycles. The van der Waals surface area contributed by atoms with Crippen LogP contribution >= 0.6 is 0 Å². The zero-order valence-corrected chi connectivity index (χ0v) is 18.9. The fourth-order valence-electron chi connectivity index (χ4n) is 3.16. The summed E-state index contributed by atoms with van der Waals surface area (Å²) < 4.78 is 15.7. The van der Waals surface area contributed by atoms with Crippen molar-refractivity contribution in [1.29, 1.82) is 0 Å². The van der Waals surface area contributed by atoms with E-state index >= 15 is 0 Å². The summed E-state index contributed by atoms with van der Waals surface area (Å²) in [6.07, 6.45) is 0.836. The molecule has 0 radical (unpaired) electrons. The highest BCUT2D eigenvalue weighted by Gasteiger charge is 2.23. The van der Waals surface area contributed by atoms with E-state index in [1.165, 1.54) is 0 Å². The summed E-state index contributed by atoms with van der Waals surface area (Å²) in [4.78, 5) is 25.1. The monoisotopic (exact) mass is 428 g/mol. The predicted octanol–water partition coefficient (Wildman–Crippen LogP) is 2.75. The van der Waals surface area contributed by atoms with Crippen LogP contribution in [0.15, 0.2) is 42.5 Å². The molecule has 0 aliphatic heterocycles. The minimum absolute atomic E-state index is 0.0408. The van der Waals surface area contributed by atoms with Crippen LogP contribution in [0.1, 0.15) is 25.0 Å². The van der Waals surface area contributed by atoms with Gasteiger partial charge in [0.2, 0.25) is 11.8 Å². The third kappa shape index (κ3) is 7.20. The van der Waals surface area contributed by atoms with Crippen molar-refractivity contribution in [3.8, 4) is 17.2 Å². The Hall–Kier alpha value is -3.22. The van der Waals surface area contributed by atoms with E-state index in [0.29, 0.717) is 24.5 Å². The third-order valence-electron chi connectivity index (χ3n) is 4.95. The molecule has 168 valence electrons. The molecule has 0 aliphatic rings. The zero-order chi connectivity index (χ0) is 22.8. The minimum Gasteiger partial charge on any atom is -0.497 e. The van der Waals surface area contributed by atoms with Gasteiger partial charge in [-0.05, 0) is 47.7 Å². The first-order valence-electron chi connectivity index (χ1n) is 10.3. The lowest BCUT2D eigenvalue weighted by molar-refractivity contribution is -0.129. The lowest BCUT2D eigenvalue weighted by Gasteiger charge is -2.22. The molecule has 0 saturated heterocycles. The smallest absolute Gasteiger partial charge is 0.242 e. The highest BCUT2D eigenvalue weighted by molar-refractivity contribution is 5.88. The molecule has 2 N–H and O–H groups in total. The normalized spacial score (nSPS) is 11.5. The molecule has 1 unspecified atom stereocenters. The molecule has 2 amide bonds. The maximum Gasteiger partial charge on any atom is 0.242 e.